The van der Waals surface area contributed by atoms with Crippen molar-refractivity contribution in [3.63, 3.8) is 0 Å². The molecule has 8 nitrogen and oxygen atoms in total. The molecule has 9 heteroatoms. The third-order valence-corrected chi connectivity index (χ3v) is 5.06. The molecule has 1 amide bonds. The van der Waals surface area contributed by atoms with Gasteiger partial charge >= 0.3 is 0 Å². The lowest BCUT2D eigenvalue weighted by molar-refractivity contribution is -0.141. The largest absolute Gasteiger partial charge is 0.383 e. The highest BCUT2D eigenvalue weighted by Crippen LogP contribution is 2.18. The molecule has 0 bridgehead atoms. The number of rotatable bonds is 13. The monoisotopic (exact) mass is 423 g/mol. The number of carbonyl (C=O) groups excluding carboxylic acids is 1. The Bertz CT molecular complexity index is 836. The molecule has 0 spiro atoms. The Hall–Kier alpha value is -1.94. The summed E-state index contributed by atoms with van der Waals surface area (Å²) in [5.41, 5.74) is 0.479. The van der Waals surface area contributed by atoms with Crippen LogP contribution in [0, 0.1) is 0 Å². The average molecular weight is 424 g/mol. The number of nitrogens with zero attached hydrogens (tertiary/aromatic N) is 2. The Morgan fingerprint density at radius 1 is 1.24 bits per heavy atom. The molecule has 0 radical (unpaired) electrons. The molecule has 2 aromatic rings. The summed E-state index contributed by atoms with van der Waals surface area (Å²) >= 11 is 1.24. The van der Waals surface area contributed by atoms with Crippen molar-refractivity contribution in [3.8, 4) is 0 Å². The normalized spacial score (nSPS) is 11.3. The second-order valence-electron chi connectivity index (χ2n) is 6.13. The number of carbonyl (C=O) groups is 1. The summed E-state index contributed by atoms with van der Waals surface area (Å²) in [5, 5.41) is 3.82. The zero-order valence-electron chi connectivity index (χ0n) is 17.2. The van der Waals surface area contributed by atoms with Crippen LogP contribution in [0.15, 0.2) is 34.2 Å². The molecule has 1 heterocycles. The van der Waals surface area contributed by atoms with Crippen molar-refractivity contribution in [2.24, 2.45) is 0 Å². The maximum atomic E-state index is 13.0. The van der Waals surface area contributed by atoms with Crippen molar-refractivity contribution in [2.45, 2.75) is 38.3 Å². The van der Waals surface area contributed by atoms with Gasteiger partial charge in [-0.2, -0.15) is 0 Å². The minimum absolute atomic E-state index is 0.135. The van der Waals surface area contributed by atoms with Crippen LogP contribution in [0.3, 0.4) is 0 Å². The van der Waals surface area contributed by atoms with Crippen molar-refractivity contribution >= 4 is 28.6 Å². The van der Waals surface area contributed by atoms with E-state index in [9.17, 15) is 9.59 Å². The van der Waals surface area contributed by atoms with Gasteiger partial charge in [-0.1, -0.05) is 23.9 Å². The molecule has 0 atom stereocenters. The van der Waals surface area contributed by atoms with E-state index in [2.05, 4.69) is 10.3 Å². The number of aromatic nitrogens is 2. The van der Waals surface area contributed by atoms with Gasteiger partial charge in [-0.15, -0.1) is 0 Å². The van der Waals surface area contributed by atoms with E-state index in [0.29, 0.717) is 55.4 Å². The fourth-order valence-electron chi connectivity index (χ4n) is 2.75. The molecule has 0 aliphatic rings. The summed E-state index contributed by atoms with van der Waals surface area (Å²) in [6.45, 7) is 6.13. The van der Waals surface area contributed by atoms with Crippen LogP contribution in [0.5, 0.6) is 0 Å². The van der Waals surface area contributed by atoms with Gasteiger partial charge in [0.25, 0.3) is 5.56 Å². The smallest absolute Gasteiger partial charge is 0.262 e. The van der Waals surface area contributed by atoms with Gasteiger partial charge in [-0.25, -0.2) is 4.98 Å². The van der Waals surface area contributed by atoms with E-state index < -0.39 is 6.29 Å². The molecule has 1 aromatic carbocycles. The van der Waals surface area contributed by atoms with Gasteiger partial charge in [0.1, 0.15) is 0 Å². The lowest BCUT2D eigenvalue weighted by atomic mass is 10.2. The van der Waals surface area contributed by atoms with Gasteiger partial charge in [0.2, 0.25) is 5.91 Å². The number of ether oxygens (including phenoxy) is 3. The van der Waals surface area contributed by atoms with Crippen LogP contribution in [0.25, 0.3) is 10.9 Å². The minimum Gasteiger partial charge on any atom is -0.383 e. The van der Waals surface area contributed by atoms with E-state index in [1.54, 1.807) is 23.8 Å². The van der Waals surface area contributed by atoms with Crippen molar-refractivity contribution in [1.82, 2.24) is 14.9 Å². The molecule has 1 aromatic heterocycles. The fraction of sp³-hybridized carbons (Fsp3) is 0.550. The summed E-state index contributed by atoms with van der Waals surface area (Å²) < 4.78 is 17.7. The fourth-order valence-corrected chi connectivity index (χ4v) is 3.60. The first-order valence-electron chi connectivity index (χ1n) is 9.71. The van der Waals surface area contributed by atoms with Crippen LogP contribution < -0.4 is 10.9 Å². The molecule has 0 saturated carbocycles. The van der Waals surface area contributed by atoms with E-state index in [-0.39, 0.29) is 17.2 Å². The second-order valence-corrected chi connectivity index (χ2v) is 7.07. The quantitative estimate of drug-likeness (QED) is 0.228. The first-order valence-corrected chi connectivity index (χ1v) is 10.7. The highest BCUT2D eigenvalue weighted by atomic mass is 32.2. The third-order valence-electron chi connectivity index (χ3n) is 4.08. The van der Waals surface area contributed by atoms with E-state index >= 15 is 0 Å². The second kappa shape index (κ2) is 12.6. The molecule has 0 aliphatic carbocycles. The van der Waals surface area contributed by atoms with Crippen molar-refractivity contribution in [3.05, 3.63) is 34.6 Å². The van der Waals surface area contributed by atoms with Crippen LogP contribution in [0.2, 0.25) is 0 Å². The minimum atomic E-state index is -0.390. The summed E-state index contributed by atoms with van der Waals surface area (Å²) in [6.07, 6.45) is 0.119. The summed E-state index contributed by atoms with van der Waals surface area (Å²) in [5.74, 6) is 0.0250. The van der Waals surface area contributed by atoms with Gasteiger partial charge in [0.15, 0.2) is 11.4 Å². The zero-order chi connectivity index (χ0) is 21.1. The molecule has 0 saturated heterocycles. The van der Waals surface area contributed by atoms with E-state index in [4.69, 9.17) is 14.2 Å². The molecule has 2 rings (SSSR count). The number of para-hydroxylation sites is 1. The first kappa shape index (κ1) is 23.3. The number of thioether (sulfide) groups is 1. The highest BCUT2D eigenvalue weighted by molar-refractivity contribution is 7.99. The number of benzene rings is 1. The summed E-state index contributed by atoms with van der Waals surface area (Å²) in [7, 11) is 1.58. The number of amides is 1. The van der Waals surface area contributed by atoms with Gasteiger partial charge in [0.05, 0.1) is 23.3 Å². The summed E-state index contributed by atoms with van der Waals surface area (Å²) in [4.78, 5) is 29.7. The summed E-state index contributed by atoms with van der Waals surface area (Å²) in [6, 6.07) is 7.21. The van der Waals surface area contributed by atoms with Gasteiger partial charge in [0, 0.05) is 39.8 Å². The van der Waals surface area contributed by atoms with Crippen LogP contribution in [-0.4, -0.2) is 61.0 Å². The van der Waals surface area contributed by atoms with E-state index in [1.165, 1.54) is 11.8 Å². The van der Waals surface area contributed by atoms with Crippen LogP contribution in [0.4, 0.5) is 0 Å². The number of fused-ring (bicyclic) bond motifs is 1. The Labute approximate surface area is 174 Å². The van der Waals surface area contributed by atoms with Crippen LogP contribution in [0.1, 0.15) is 20.3 Å². The number of hydrogen-bond acceptors (Lipinski definition) is 7. The maximum absolute atomic E-state index is 13.0. The van der Waals surface area contributed by atoms with Crippen molar-refractivity contribution in [1.29, 1.82) is 0 Å². The van der Waals surface area contributed by atoms with Gasteiger partial charge < -0.3 is 19.5 Å². The Kier molecular flexibility index (Phi) is 10.1. The molecule has 160 valence electrons. The average Bonchev–Trinajstić information content (AvgIpc) is 2.72. The standard InChI is InChI=1S/C20H29N3O5S/c1-4-27-18(28-5-2)10-12-23-19(25)15-8-6-7-9-16(15)22-20(23)29-14-17(24)21-11-13-26-3/h6-9,18H,4-5,10-14H2,1-3H3,(H,21,24). The predicted molar refractivity (Wildman–Crippen MR) is 113 cm³/mol. The molecule has 0 unspecified atom stereocenters. The number of methoxy groups -OCH3 is 1. The molecule has 0 fully saturated rings. The highest BCUT2D eigenvalue weighted by Gasteiger charge is 2.15. The van der Waals surface area contributed by atoms with Crippen LogP contribution >= 0.6 is 11.8 Å². The molecule has 29 heavy (non-hydrogen) atoms. The molecular weight excluding hydrogens is 394 g/mol. The number of nitrogens with one attached hydrogen (secondary N) is 1. The van der Waals surface area contributed by atoms with E-state index in [1.807, 2.05) is 26.0 Å². The van der Waals surface area contributed by atoms with Gasteiger partial charge in [-0.3, -0.25) is 14.2 Å². The number of hydrogen-bond donors (Lipinski definition) is 1. The SMILES string of the molecule is CCOC(CCn1c(SCC(=O)NCCOC)nc2ccccc2c1=O)OCC. The molecule has 1 N–H and O–H groups in total. The first-order chi connectivity index (χ1) is 14.1. The van der Waals surface area contributed by atoms with E-state index in [0.717, 1.165) is 0 Å². The predicted octanol–water partition coefficient (Wildman–Crippen LogP) is 2.04. The zero-order valence-corrected chi connectivity index (χ0v) is 18.0. The third kappa shape index (κ3) is 7.11. The molecular formula is C20H29N3O5S. The Morgan fingerprint density at radius 2 is 1.97 bits per heavy atom. The lowest BCUT2D eigenvalue weighted by Crippen LogP contribution is -2.30. The topological polar surface area (TPSA) is 91.7 Å². The maximum Gasteiger partial charge on any atom is 0.262 e. The van der Waals surface area contributed by atoms with Crippen molar-refractivity contribution in [2.75, 3.05) is 39.2 Å². The lowest BCUT2D eigenvalue weighted by Gasteiger charge is -2.19. The molecule has 0 aliphatic heterocycles. The van der Waals surface area contributed by atoms with Crippen molar-refractivity contribution < 1.29 is 19.0 Å². The Morgan fingerprint density at radius 3 is 2.66 bits per heavy atom. The van der Waals surface area contributed by atoms with Gasteiger partial charge in [-0.05, 0) is 26.0 Å². The Balaban J connectivity index is 2.21. The van der Waals surface area contributed by atoms with Crippen LogP contribution in [-0.2, 0) is 25.5 Å².